The lowest BCUT2D eigenvalue weighted by atomic mass is 10.1. The normalized spacial score (nSPS) is 10.1. The van der Waals surface area contributed by atoms with Crippen molar-refractivity contribution >= 4 is 17.3 Å². The lowest BCUT2D eigenvalue weighted by molar-refractivity contribution is 0.0697. The number of hydrogen-bond donors (Lipinski definition) is 1. The molecular weight excluding hydrogens is 226 g/mol. The van der Waals surface area contributed by atoms with Gasteiger partial charge in [0.2, 0.25) is 0 Å². The van der Waals surface area contributed by atoms with Gasteiger partial charge in [0.1, 0.15) is 0 Å². The first-order valence-corrected chi connectivity index (χ1v) is 5.72. The van der Waals surface area contributed by atoms with Crippen LogP contribution in [-0.2, 0) is 0 Å². The van der Waals surface area contributed by atoms with Crippen LogP contribution in [0.1, 0.15) is 15.9 Å². The van der Waals surface area contributed by atoms with E-state index in [2.05, 4.69) is 0 Å². The predicted octanol–water partition coefficient (Wildman–Crippen LogP) is 3.46. The summed E-state index contributed by atoms with van der Waals surface area (Å²) in [6.07, 6.45) is 0. The molecule has 0 heterocycles. The largest absolute Gasteiger partial charge is 0.478 e. The zero-order chi connectivity index (χ0) is 13.1. The Morgan fingerprint density at radius 2 is 1.78 bits per heavy atom. The molecule has 0 saturated carbocycles. The minimum absolute atomic E-state index is 0.312. The number of para-hydroxylation sites is 1. The zero-order valence-electron chi connectivity index (χ0n) is 10.4. The molecular formula is C15H15NO2. The maximum Gasteiger partial charge on any atom is 0.337 e. The van der Waals surface area contributed by atoms with Crippen LogP contribution in [0, 0.1) is 6.92 Å². The summed E-state index contributed by atoms with van der Waals surface area (Å²) in [6, 6.07) is 15.0. The van der Waals surface area contributed by atoms with Gasteiger partial charge in [-0.1, -0.05) is 24.3 Å². The predicted molar refractivity (Wildman–Crippen MR) is 72.6 cm³/mol. The highest BCUT2D eigenvalue weighted by Gasteiger charge is 2.14. The van der Waals surface area contributed by atoms with Gasteiger partial charge in [-0.05, 0) is 36.8 Å². The third-order valence-corrected chi connectivity index (χ3v) is 2.89. The highest BCUT2D eigenvalue weighted by atomic mass is 16.4. The van der Waals surface area contributed by atoms with Crippen molar-refractivity contribution in [3.63, 3.8) is 0 Å². The van der Waals surface area contributed by atoms with E-state index >= 15 is 0 Å². The molecule has 3 heteroatoms. The van der Waals surface area contributed by atoms with Crippen molar-refractivity contribution < 1.29 is 9.90 Å². The fraction of sp³-hybridized carbons (Fsp3) is 0.133. The number of aromatic carboxylic acids is 1. The Hall–Kier alpha value is -2.29. The van der Waals surface area contributed by atoms with Crippen molar-refractivity contribution in [3.05, 3.63) is 59.7 Å². The van der Waals surface area contributed by atoms with Crippen LogP contribution < -0.4 is 4.90 Å². The Kier molecular flexibility index (Phi) is 3.33. The Bertz CT molecular complexity index is 564. The lowest BCUT2D eigenvalue weighted by Gasteiger charge is -2.21. The molecule has 0 unspecified atom stereocenters. The van der Waals surface area contributed by atoms with E-state index in [4.69, 9.17) is 0 Å². The molecule has 2 aromatic carbocycles. The van der Waals surface area contributed by atoms with Crippen molar-refractivity contribution in [2.75, 3.05) is 11.9 Å². The van der Waals surface area contributed by atoms with E-state index in [-0.39, 0.29) is 0 Å². The molecule has 0 atom stereocenters. The molecule has 0 saturated heterocycles. The number of aryl methyl sites for hydroxylation is 1. The molecule has 0 radical (unpaired) electrons. The third-order valence-electron chi connectivity index (χ3n) is 2.89. The third kappa shape index (κ3) is 2.35. The summed E-state index contributed by atoms with van der Waals surface area (Å²) >= 11 is 0. The molecule has 0 aliphatic heterocycles. The number of anilines is 2. The molecule has 0 spiro atoms. The Balaban J connectivity index is 2.50. The van der Waals surface area contributed by atoms with Crippen LogP contribution in [0.25, 0.3) is 0 Å². The summed E-state index contributed by atoms with van der Waals surface area (Å²) in [5.41, 5.74) is 3.02. The Morgan fingerprint density at radius 1 is 1.11 bits per heavy atom. The molecule has 2 aromatic rings. The van der Waals surface area contributed by atoms with Crippen molar-refractivity contribution in [1.29, 1.82) is 0 Å². The van der Waals surface area contributed by atoms with Gasteiger partial charge in [0.15, 0.2) is 0 Å². The van der Waals surface area contributed by atoms with Crippen molar-refractivity contribution in [2.45, 2.75) is 6.92 Å². The minimum atomic E-state index is -0.909. The van der Waals surface area contributed by atoms with Gasteiger partial charge in [0.05, 0.1) is 11.3 Å². The van der Waals surface area contributed by atoms with Crippen LogP contribution in [0.4, 0.5) is 11.4 Å². The molecule has 0 amide bonds. The van der Waals surface area contributed by atoms with Gasteiger partial charge < -0.3 is 10.0 Å². The second kappa shape index (κ2) is 4.92. The monoisotopic (exact) mass is 241 g/mol. The maximum absolute atomic E-state index is 11.2. The smallest absolute Gasteiger partial charge is 0.337 e. The van der Waals surface area contributed by atoms with E-state index in [0.717, 1.165) is 11.3 Å². The average Bonchev–Trinajstić information content (AvgIpc) is 2.38. The molecule has 0 bridgehead atoms. The highest BCUT2D eigenvalue weighted by molar-refractivity contribution is 5.95. The van der Waals surface area contributed by atoms with Crippen LogP contribution in [0.2, 0.25) is 0 Å². The minimum Gasteiger partial charge on any atom is -0.478 e. The van der Waals surface area contributed by atoms with Gasteiger partial charge in [-0.25, -0.2) is 4.79 Å². The number of carbonyl (C=O) groups is 1. The molecule has 0 fully saturated rings. The van der Waals surface area contributed by atoms with Gasteiger partial charge in [0, 0.05) is 12.7 Å². The van der Waals surface area contributed by atoms with Gasteiger partial charge in [0.25, 0.3) is 0 Å². The summed E-state index contributed by atoms with van der Waals surface area (Å²) in [5, 5.41) is 9.23. The van der Waals surface area contributed by atoms with Crippen LogP contribution in [0.5, 0.6) is 0 Å². The van der Waals surface area contributed by atoms with Crippen LogP contribution in [0.15, 0.2) is 48.5 Å². The van der Waals surface area contributed by atoms with Gasteiger partial charge in [-0.2, -0.15) is 0 Å². The molecule has 92 valence electrons. The first-order chi connectivity index (χ1) is 8.59. The number of nitrogens with zero attached hydrogens (tertiary/aromatic N) is 1. The summed E-state index contributed by atoms with van der Waals surface area (Å²) in [4.78, 5) is 13.1. The van der Waals surface area contributed by atoms with Gasteiger partial charge in [-0.15, -0.1) is 0 Å². The number of carboxylic acid groups (broad SMARTS) is 1. The topological polar surface area (TPSA) is 40.5 Å². The molecule has 18 heavy (non-hydrogen) atoms. The number of rotatable bonds is 3. The van der Waals surface area contributed by atoms with Crippen LogP contribution in [-0.4, -0.2) is 18.1 Å². The quantitative estimate of drug-likeness (QED) is 0.894. The van der Waals surface area contributed by atoms with Crippen molar-refractivity contribution in [2.24, 2.45) is 0 Å². The number of carboxylic acids is 1. The lowest BCUT2D eigenvalue weighted by Crippen LogP contribution is -2.14. The molecule has 3 nitrogen and oxygen atoms in total. The van der Waals surface area contributed by atoms with E-state index in [0.29, 0.717) is 11.3 Å². The fourth-order valence-corrected chi connectivity index (χ4v) is 1.89. The average molecular weight is 241 g/mol. The molecule has 0 aliphatic rings. The summed E-state index contributed by atoms with van der Waals surface area (Å²) in [5.74, 6) is -0.909. The van der Waals surface area contributed by atoms with E-state index in [9.17, 15) is 9.90 Å². The molecule has 2 rings (SSSR count). The van der Waals surface area contributed by atoms with Crippen molar-refractivity contribution in [3.8, 4) is 0 Å². The number of hydrogen-bond acceptors (Lipinski definition) is 2. The van der Waals surface area contributed by atoms with Gasteiger partial charge in [-0.3, -0.25) is 0 Å². The first kappa shape index (κ1) is 12.2. The first-order valence-electron chi connectivity index (χ1n) is 5.72. The van der Waals surface area contributed by atoms with E-state index < -0.39 is 5.97 Å². The highest BCUT2D eigenvalue weighted by Crippen LogP contribution is 2.27. The molecule has 0 aliphatic carbocycles. The van der Waals surface area contributed by atoms with E-state index in [1.54, 1.807) is 6.07 Å². The van der Waals surface area contributed by atoms with Crippen molar-refractivity contribution in [1.82, 2.24) is 0 Å². The molecule has 0 aromatic heterocycles. The van der Waals surface area contributed by atoms with E-state index in [1.165, 1.54) is 0 Å². The zero-order valence-corrected chi connectivity index (χ0v) is 10.4. The van der Waals surface area contributed by atoms with Crippen LogP contribution in [0.3, 0.4) is 0 Å². The Morgan fingerprint density at radius 3 is 2.39 bits per heavy atom. The second-order valence-corrected chi connectivity index (χ2v) is 4.22. The van der Waals surface area contributed by atoms with Crippen LogP contribution >= 0.6 is 0 Å². The standard InChI is InChI=1S/C15H15NO2/c1-11-8-9-13(15(17)18)14(10-11)16(2)12-6-4-3-5-7-12/h3-10H,1-2H3,(H,17,18). The SMILES string of the molecule is Cc1ccc(C(=O)O)c(N(C)c2ccccc2)c1. The van der Waals surface area contributed by atoms with Gasteiger partial charge >= 0.3 is 5.97 Å². The molecule has 1 N–H and O–H groups in total. The number of benzene rings is 2. The maximum atomic E-state index is 11.2. The summed E-state index contributed by atoms with van der Waals surface area (Å²) < 4.78 is 0. The fourth-order valence-electron chi connectivity index (χ4n) is 1.89. The van der Waals surface area contributed by atoms with E-state index in [1.807, 2.05) is 61.3 Å². The summed E-state index contributed by atoms with van der Waals surface area (Å²) in [7, 11) is 1.87. The summed E-state index contributed by atoms with van der Waals surface area (Å²) in [6.45, 7) is 1.95. The second-order valence-electron chi connectivity index (χ2n) is 4.22. The Labute approximate surface area is 106 Å².